The summed E-state index contributed by atoms with van der Waals surface area (Å²) in [4.78, 5) is 0. The monoisotopic (exact) mass is 1450 g/mol. The van der Waals surface area contributed by atoms with Gasteiger partial charge in [0.05, 0.1) is 29.5 Å². The van der Waals surface area contributed by atoms with Crippen LogP contribution < -0.4 is 0 Å². The lowest BCUT2D eigenvalue weighted by atomic mass is 9.82. The molecule has 1 aliphatic rings. The Bertz CT molecular complexity index is 6390. The van der Waals surface area contributed by atoms with E-state index in [0.717, 1.165) is 16.7 Å². The number of para-hydroxylation sites is 3. The molecule has 0 saturated carbocycles. The molecule has 0 radical (unpaired) electrons. The zero-order chi connectivity index (χ0) is 81.5. The second-order valence-electron chi connectivity index (χ2n) is 28.7. The lowest BCUT2D eigenvalue weighted by Gasteiger charge is -2.21. The van der Waals surface area contributed by atoms with Crippen LogP contribution in [-0.2, 0) is 5.41 Å². The Balaban J connectivity index is 0.000000121. The fourth-order valence-electron chi connectivity index (χ4n) is 13.7. The molecule has 1 aliphatic carbocycles. The fourth-order valence-corrected chi connectivity index (χ4v) is 14.9. The third-order valence-electron chi connectivity index (χ3n) is 19.6. The average Bonchev–Trinajstić information content (AvgIpc) is 1.60. The van der Waals surface area contributed by atoms with Crippen LogP contribution in [0.1, 0.15) is 93.0 Å². The number of thiophene rings is 1. The van der Waals surface area contributed by atoms with Crippen LogP contribution in [-0.4, -0.2) is 4.57 Å². The summed E-state index contributed by atoms with van der Waals surface area (Å²) in [5, 5.41) is 21.5. The summed E-state index contributed by atoms with van der Waals surface area (Å²) in [5.74, 6) is 0. The number of furan rings is 1. The van der Waals surface area contributed by atoms with E-state index >= 15 is 0 Å². The maximum Gasteiger partial charge on any atom is 0.135 e. The summed E-state index contributed by atoms with van der Waals surface area (Å²) in [7, 11) is 0. The summed E-state index contributed by atoms with van der Waals surface area (Å²) in [5.41, 5.74) is 24.3. The van der Waals surface area contributed by atoms with Gasteiger partial charge in [0.25, 0.3) is 0 Å². The van der Waals surface area contributed by atoms with Gasteiger partial charge in [-0.15, -0.1) is 11.3 Å². The Hall–Kier alpha value is -12.7. The van der Waals surface area contributed by atoms with Gasteiger partial charge in [0.15, 0.2) is 0 Å². The van der Waals surface area contributed by atoms with Gasteiger partial charge in [0, 0.05) is 52.8 Å². The number of nitriles is 1. The first kappa shape index (κ1) is 70.3. The van der Waals surface area contributed by atoms with E-state index in [2.05, 4.69) is 371 Å². The van der Waals surface area contributed by atoms with Crippen molar-refractivity contribution in [3.8, 4) is 22.9 Å². The minimum atomic E-state index is -0.337. The van der Waals surface area contributed by atoms with Crippen molar-refractivity contribution >= 4 is 96.8 Å². The van der Waals surface area contributed by atoms with Crippen molar-refractivity contribution in [2.24, 2.45) is 0 Å². The number of hydrogen-bond donors (Lipinski definition) is 0. The quantitative estimate of drug-likeness (QED) is 0.164. The Labute approximate surface area is 661 Å². The Morgan fingerprint density at radius 2 is 0.800 bits per heavy atom. The number of hydrogen-bond acceptors (Lipinski definition) is 3. The molecule has 0 N–H and O–H groups in total. The molecule has 3 heterocycles. The summed E-state index contributed by atoms with van der Waals surface area (Å²) >= 11 is 1.88. The van der Waals surface area contributed by atoms with E-state index in [9.17, 15) is 0 Å². The highest BCUT2D eigenvalue weighted by Crippen LogP contribution is 2.48. The SMILES string of the molecule is Cc1ccc(C#N)cc1.Cc1ccc(C)cc1.Cc1ccc2c(c1)C(C)(C)c1ccccc1-2.Cc1ccc2c(c1)c1ccccc1n2-c1ccccc1.Cc1ccc2c(c1)oc1ccccc12.Cc1ccc2c(c1)sc1ccccc12.Cc1ccc2ccccc2c1.Cc1cccc2ccccc12.[2H]c1c([2H])c([2H])c(C)c([2H])c1[2H]. The molecule has 4 heteroatoms. The predicted octanol–water partition coefficient (Wildman–Crippen LogP) is 30.1. The van der Waals surface area contributed by atoms with Crippen molar-refractivity contribution in [1.29, 1.82) is 5.26 Å². The van der Waals surface area contributed by atoms with E-state index < -0.39 is 0 Å². The highest BCUT2D eigenvalue weighted by molar-refractivity contribution is 7.25. The highest BCUT2D eigenvalue weighted by atomic mass is 32.1. The predicted molar refractivity (Wildman–Crippen MR) is 477 cm³/mol. The van der Waals surface area contributed by atoms with Gasteiger partial charge < -0.3 is 8.98 Å². The Kier molecular flexibility index (Phi) is 23.2. The van der Waals surface area contributed by atoms with Crippen molar-refractivity contribution in [3.05, 3.63) is 436 Å². The topological polar surface area (TPSA) is 41.9 Å². The zero-order valence-electron chi connectivity index (χ0n) is 70.0. The van der Waals surface area contributed by atoms with Gasteiger partial charge in [-0.3, -0.25) is 0 Å². The number of fused-ring (bicyclic) bond motifs is 14. The van der Waals surface area contributed by atoms with Crippen molar-refractivity contribution in [1.82, 2.24) is 4.57 Å². The molecule has 0 amide bonds. The maximum atomic E-state index is 8.38. The van der Waals surface area contributed by atoms with Gasteiger partial charge in [-0.1, -0.05) is 350 Å². The average molecular weight is 1450 g/mol. The number of nitrogens with zero attached hydrogens (tertiary/aromatic N) is 2. The van der Waals surface area contributed by atoms with E-state index in [4.69, 9.17) is 16.5 Å². The maximum absolute atomic E-state index is 8.38. The summed E-state index contributed by atoms with van der Waals surface area (Å²) in [6.45, 7) is 25.1. The van der Waals surface area contributed by atoms with Gasteiger partial charge in [0.1, 0.15) is 11.2 Å². The molecule has 0 aliphatic heterocycles. The van der Waals surface area contributed by atoms with Crippen molar-refractivity contribution in [3.63, 3.8) is 0 Å². The minimum absolute atomic E-state index is 0.124. The molecule has 0 saturated heterocycles. The molecule has 3 aromatic heterocycles. The molecule has 19 aromatic rings. The first-order valence-corrected chi connectivity index (χ1v) is 38.2. The molecule has 0 spiro atoms. The Morgan fingerprint density at radius 3 is 1.51 bits per heavy atom. The van der Waals surface area contributed by atoms with Gasteiger partial charge in [-0.25, -0.2) is 0 Å². The summed E-state index contributed by atoms with van der Waals surface area (Å²) in [6.07, 6.45) is 0. The fraction of sp³-hybridized carbons (Fsp3) is 0.123. The van der Waals surface area contributed by atoms with Crippen LogP contribution >= 0.6 is 11.3 Å². The highest BCUT2D eigenvalue weighted by Gasteiger charge is 2.34. The molecule has 0 bridgehead atoms. The van der Waals surface area contributed by atoms with E-state index in [0.29, 0.717) is 5.56 Å². The molecular weight excluding hydrogens is 1350 g/mol. The van der Waals surface area contributed by atoms with Crippen LogP contribution in [0.3, 0.4) is 0 Å². The van der Waals surface area contributed by atoms with E-state index in [1.807, 2.05) is 60.7 Å². The second-order valence-corrected chi connectivity index (χ2v) is 29.7. The van der Waals surface area contributed by atoms with Crippen LogP contribution in [0, 0.1) is 80.6 Å². The minimum Gasteiger partial charge on any atom is -0.456 e. The number of rotatable bonds is 1. The third kappa shape index (κ3) is 19.2. The molecule has 542 valence electrons. The first-order chi connectivity index (χ1) is 55.4. The van der Waals surface area contributed by atoms with Crippen LogP contribution in [0.2, 0.25) is 0 Å². The molecule has 16 aromatic carbocycles. The summed E-state index contributed by atoms with van der Waals surface area (Å²) in [6, 6.07) is 118. The molecular formula is C106H96N2OS. The van der Waals surface area contributed by atoms with E-state index in [1.165, 1.54) is 159 Å². The number of aryl methyl sites for hydroxylation is 9. The van der Waals surface area contributed by atoms with Gasteiger partial charge in [-0.2, -0.15) is 5.26 Å². The molecule has 110 heavy (non-hydrogen) atoms. The smallest absolute Gasteiger partial charge is 0.135 e. The van der Waals surface area contributed by atoms with Gasteiger partial charge in [0.2, 0.25) is 0 Å². The number of aromatic nitrogens is 1. The third-order valence-corrected chi connectivity index (χ3v) is 20.7. The standard InChI is InChI=1S/C19H15N.C16H16.C13H10O.C13H10S.2C11H10.C8H7N.C8H10.C7H8/c1-14-11-12-19-17(13-14)16-9-5-6-10-18(16)20(19)15-7-3-2-4-8-15;1-11-8-9-13-12-6-4-5-7-14(12)16(2,3)15(13)10-11;2*1-9-6-7-11-10-4-2-3-5-12(10)14-13(11)8-9;1-9-5-4-7-10-6-2-3-8-11(9)10;1-9-6-7-10-4-2-3-5-11(10)8-9;1-7-2-4-8(6-9)5-3-7;1-7-3-5-8(2)6-4-7;1-7-5-3-2-4-6-7/h2-13H,1H3;4-10H,1-3H3;2*2-8H,1H3;2*2-8H,1H3;2-5H,1H3;3-6H,1-2H3;2-6H,1H3/i;;;;;;;;2D,3D,4D,5D,6D. The van der Waals surface area contributed by atoms with Crippen molar-refractivity contribution < 1.29 is 11.3 Å². The van der Waals surface area contributed by atoms with E-state index in [1.54, 1.807) is 0 Å². The normalized spacial score (nSPS) is 11.8. The lowest BCUT2D eigenvalue weighted by Crippen LogP contribution is -2.14. The molecule has 20 rings (SSSR count). The molecule has 0 fully saturated rings. The molecule has 0 unspecified atom stereocenters. The van der Waals surface area contributed by atoms with Crippen LogP contribution in [0.25, 0.3) is 102 Å². The zero-order valence-corrected chi connectivity index (χ0v) is 65.8. The van der Waals surface area contributed by atoms with Crippen molar-refractivity contribution in [2.45, 2.75) is 88.5 Å². The second kappa shape index (κ2) is 36.3. The Morgan fingerprint density at radius 1 is 0.318 bits per heavy atom. The van der Waals surface area contributed by atoms with Crippen LogP contribution in [0.4, 0.5) is 0 Å². The van der Waals surface area contributed by atoms with Crippen LogP contribution in [0.5, 0.6) is 0 Å². The molecule has 3 nitrogen and oxygen atoms in total. The molecule has 0 atom stereocenters. The van der Waals surface area contributed by atoms with Crippen molar-refractivity contribution in [2.75, 3.05) is 0 Å². The lowest BCUT2D eigenvalue weighted by molar-refractivity contribution is 0.660. The number of benzene rings is 16. The largest absolute Gasteiger partial charge is 0.456 e. The van der Waals surface area contributed by atoms with Gasteiger partial charge >= 0.3 is 0 Å². The summed E-state index contributed by atoms with van der Waals surface area (Å²) < 4.78 is 47.2. The van der Waals surface area contributed by atoms with E-state index in [-0.39, 0.29) is 35.6 Å². The van der Waals surface area contributed by atoms with Crippen LogP contribution in [0.15, 0.2) is 368 Å². The van der Waals surface area contributed by atoms with Gasteiger partial charge in [-0.05, 0) is 196 Å². The first-order valence-electron chi connectivity index (χ1n) is 39.9.